The fourth-order valence-corrected chi connectivity index (χ4v) is 5.04. The van der Waals surface area contributed by atoms with E-state index in [4.69, 9.17) is 31.5 Å². The van der Waals surface area contributed by atoms with Crippen LogP contribution in [-0.2, 0) is 34.5 Å². The van der Waals surface area contributed by atoms with Gasteiger partial charge in [-0.2, -0.15) is 13.2 Å². The maximum Gasteiger partial charge on any atom is 0.416 e. The van der Waals surface area contributed by atoms with Crippen LogP contribution in [0.25, 0.3) is 22.0 Å². The van der Waals surface area contributed by atoms with Gasteiger partial charge in [-0.3, -0.25) is 9.59 Å². The number of likely N-dealkylation sites (tertiary alicyclic amines) is 1. The quantitative estimate of drug-likeness (QED) is 0.0938. The normalized spacial score (nSPS) is 27.5. The lowest BCUT2D eigenvalue weighted by Gasteiger charge is -2.39. The number of methoxy groups -OCH3 is 1. The predicted octanol–water partition coefficient (Wildman–Crippen LogP) is 8.71. The van der Waals surface area contributed by atoms with Gasteiger partial charge in [0.15, 0.2) is 17.1 Å². The highest BCUT2D eigenvalue weighted by molar-refractivity contribution is 7.98. The number of pyridine rings is 1. The van der Waals surface area contributed by atoms with Crippen molar-refractivity contribution < 1.29 is 72.6 Å². The summed E-state index contributed by atoms with van der Waals surface area (Å²) in [5, 5.41) is -3.23. The van der Waals surface area contributed by atoms with Crippen molar-refractivity contribution in [2.24, 2.45) is 0 Å². The van der Waals surface area contributed by atoms with E-state index in [0.29, 0.717) is 14.0 Å². The summed E-state index contributed by atoms with van der Waals surface area (Å²) in [7, 11) is 0.654. The number of carbonyl (C=O) groups excluding carboxylic acids is 1. The summed E-state index contributed by atoms with van der Waals surface area (Å²) in [6, 6.07) is -27.9. The number of ether oxygens (including phenoxy) is 1. The zero-order chi connectivity index (χ0) is 64.2. The molecule has 12 heteroatoms. The molecule has 53 heavy (non-hydrogen) atoms. The number of thioether (sulfide) groups is 1. The third-order valence-corrected chi connectivity index (χ3v) is 7.58. The summed E-state index contributed by atoms with van der Waals surface area (Å²) >= 11 is -0.837. The monoisotopic (exact) mass is 779 g/mol. The molecule has 278 valence electrons. The van der Waals surface area contributed by atoms with Crippen LogP contribution in [0, 0.1) is 18.6 Å². The lowest BCUT2D eigenvalue weighted by molar-refractivity contribution is -0.138. The second-order valence-corrected chi connectivity index (χ2v) is 11.1. The highest BCUT2D eigenvalue weighted by atomic mass is 32.2. The molecule has 2 heterocycles. The molecule has 0 unspecified atom stereocenters. The Hall–Kier alpha value is -4.52. The van der Waals surface area contributed by atoms with Crippen molar-refractivity contribution in [2.75, 3.05) is 33.2 Å². The Morgan fingerprint density at radius 3 is 2.45 bits per heavy atom. The van der Waals surface area contributed by atoms with Crippen molar-refractivity contribution in [3.63, 3.8) is 0 Å². The zero-order valence-corrected chi connectivity index (χ0v) is 27.6. The molecule has 0 bridgehead atoms. The summed E-state index contributed by atoms with van der Waals surface area (Å²) in [4.78, 5) is 28.8. The number of aromatic nitrogens is 1. The standard InChI is InChI=1S/C41H40F5N3O3S/c1-27-22-30(14-15-34(27)41(44,45)46)29-12-10-28(11-13-29)24-48(32-16-18-47(19-17-32)20-21-52-2)38(51)25-49-36-9-4-3-7-33(36)37(50)23-39(49)53-26-31-6-5-8-35(42)40(31)43/h3-15,22-23,32H,16-21,24-26H2,1-2H3/i3D,4D,5D,6D,7D,8D,9D,10D,11D,12D,13D,14D,15D,16D2,17D2,18D2,19D2,21D2,22D,23D,25D2,26D2,32D. The number of nitrogens with zero attached hydrogens (tertiary/aromatic N) is 3. The van der Waals surface area contributed by atoms with Crippen LogP contribution in [-0.4, -0.2) is 59.5 Å². The molecule has 0 aliphatic carbocycles. The highest BCUT2D eigenvalue weighted by Gasteiger charge is 2.32. The van der Waals surface area contributed by atoms with Crippen molar-refractivity contribution >= 4 is 28.6 Å². The predicted molar refractivity (Wildman–Crippen MR) is 198 cm³/mol. The van der Waals surface area contributed by atoms with E-state index in [1.807, 2.05) is 0 Å². The second kappa shape index (κ2) is 16.7. The van der Waals surface area contributed by atoms with Gasteiger partial charge in [0.25, 0.3) is 0 Å². The van der Waals surface area contributed by atoms with E-state index < -0.39 is 259 Å². The van der Waals surface area contributed by atoms with Crippen LogP contribution < -0.4 is 5.43 Å². The van der Waals surface area contributed by atoms with Gasteiger partial charge in [0.05, 0.1) is 50.1 Å². The van der Waals surface area contributed by atoms with Crippen molar-refractivity contribution in [2.45, 2.75) is 55.6 Å². The van der Waals surface area contributed by atoms with Gasteiger partial charge < -0.3 is 19.1 Å². The number of hydrogen-bond donors (Lipinski definition) is 0. The van der Waals surface area contributed by atoms with Crippen LogP contribution in [0.3, 0.4) is 0 Å². The topological polar surface area (TPSA) is 54.8 Å². The van der Waals surface area contributed by atoms with Gasteiger partial charge in [-0.1, -0.05) is 60.4 Å². The molecular weight excluding hydrogens is 710 g/mol. The lowest BCUT2D eigenvalue weighted by Crippen LogP contribution is -2.48. The van der Waals surface area contributed by atoms with Crippen LogP contribution in [0.4, 0.5) is 22.0 Å². The summed E-state index contributed by atoms with van der Waals surface area (Å²) in [5.41, 5.74) is -16.1. The van der Waals surface area contributed by atoms with Crippen molar-refractivity contribution in [3.8, 4) is 11.1 Å². The maximum absolute atomic E-state index is 15.9. The van der Waals surface area contributed by atoms with Crippen LogP contribution >= 0.6 is 11.8 Å². The average Bonchev–Trinajstić information content (AvgIpc) is 3.37. The van der Waals surface area contributed by atoms with Crippen LogP contribution in [0.5, 0.6) is 0 Å². The Kier molecular flexibility index (Phi) is 4.93. The summed E-state index contributed by atoms with van der Waals surface area (Å²) in [6.07, 6.45) is -14.9. The minimum Gasteiger partial charge on any atom is -0.383 e. The average molecular weight is 780 g/mol. The molecule has 4 aromatic carbocycles. The molecule has 1 aliphatic rings. The smallest absolute Gasteiger partial charge is 0.383 e. The van der Waals surface area contributed by atoms with Crippen LogP contribution in [0.15, 0.2) is 100 Å². The van der Waals surface area contributed by atoms with Gasteiger partial charge >= 0.3 is 6.18 Å². The Labute approximate surface area is 351 Å². The first-order valence-electron chi connectivity index (χ1n) is 29.5. The number of hydrogen-bond acceptors (Lipinski definition) is 5. The second-order valence-electron chi connectivity index (χ2n) is 10.3. The van der Waals surface area contributed by atoms with Gasteiger partial charge in [0, 0.05) is 75.6 Å². The Morgan fingerprint density at radius 2 is 1.74 bits per heavy atom. The van der Waals surface area contributed by atoms with E-state index in [1.54, 1.807) is 0 Å². The molecule has 0 atom stereocenters. The number of fused-ring (bicyclic) bond motifs is 1. The van der Waals surface area contributed by atoms with Gasteiger partial charge in [-0.25, -0.2) is 8.78 Å². The van der Waals surface area contributed by atoms with Gasteiger partial charge in [0.2, 0.25) is 5.91 Å². The molecule has 6 nitrogen and oxygen atoms in total. The first-order chi connectivity index (χ1) is 37.3. The number of rotatable bonds is 12. The molecule has 1 amide bonds. The Morgan fingerprint density at radius 1 is 1.02 bits per heavy atom. The zero-order valence-electron chi connectivity index (χ0n) is 56.8. The number of amides is 1. The number of para-hydroxylation sites is 1. The first kappa shape index (κ1) is 15.7. The number of carbonyl (C=O) groups is 1. The van der Waals surface area contributed by atoms with Gasteiger partial charge in [-0.05, 0) is 66.1 Å². The van der Waals surface area contributed by atoms with E-state index >= 15 is 13.6 Å². The number of piperidine rings is 1. The Balaban J connectivity index is 1.82. The van der Waals surface area contributed by atoms with Crippen molar-refractivity contribution in [1.29, 1.82) is 0 Å². The fraction of sp³-hybridized carbons (Fsp3) is 0.317. The number of alkyl halides is 3. The van der Waals surface area contributed by atoms with Crippen molar-refractivity contribution in [3.05, 3.63) is 135 Å². The minimum atomic E-state index is -5.39. The molecule has 0 radical (unpaired) electrons. The van der Waals surface area contributed by atoms with Crippen LogP contribution in [0.1, 0.15) is 76.1 Å². The third-order valence-electron chi connectivity index (χ3n) is 6.80. The van der Waals surface area contributed by atoms with E-state index in [0.717, 1.165) is 0 Å². The molecule has 5 aromatic rings. The molecule has 0 spiro atoms. The van der Waals surface area contributed by atoms with Crippen LogP contribution in [0.2, 0.25) is 0 Å². The molecular formula is C41H40F5N3O3S. The van der Waals surface area contributed by atoms with E-state index in [1.165, 1.54) is 0 Å². The molecule has 0 saturated carbocycles. The maximum atomic E-state index is 15.9. The van der Waals surface area contributed by atoms with Crippen molar-refractivity contribution in [1.82, 2.24) is 14.4 Å². The van der Waals surface area contributed by atoms with Gasteiger partial charge in [0.1, 0.15) is 6.50 Å². The summed E-state index contributed by atoms with van der Waals surface area (Å²) < 4.78 is 342. The lowest BCUT2D eigenvalue weighted by atomic mass is 9.98. The van der Waals surface area contributed by atoms with Gasteiger partial charge in [-0.15, -0.1) is 11.8 Å². The molecule has 1 saturated heterocycles. The van der Waals surface area contributed by atoms with E-state index in [-0.39, 0.29) is 0 Å². The van der Waals surface area contributed by atoms with E-state index in [9.17, 15) is 27.6 Å². The first-order valence-corrected chi connectivity index (χ1v) is 15.3. The third kappa shape index (κ3) is 9.00. The SMILES string of the molecule is [2H]c1c([2H])c(F)c(F)c(C([2H])([2H])Sc2c([2H])c(=O)c3c([2H])c([2H])c([2H])c([2H])c3n2C([2H])([2H])C(=O)N(Cc2c([2H])c([2H])c(-c3c([2H])c([2H])c(C(F)(F)F)c(C)c3[2H])c([2H])c2[2H])C2([2H])C([2H])([2H])C([2H])([2H])N(CC([2H])([2H])OC)C([2H])([2H])C2([2H])[2H])c1[2H]. The summed E-state index contributed by atoms with van der Waals surface area (Å²) in [5.74, 6) is -7.53. The summed E-state index contributed by atoms with van der Waals surface area (Å²) in [6.45, 7) is -20.2. The number of halogens is 5. The van der Waals surface area contributed by atoms with E-state index in [2.05, 4.69) is 4.74 Å². The fourth-order valence-electron chi connectivity index (χ4n) is 4.33. The molecule has 0 N–H and O–H groups in total. The highest BCUT2D eigenvalue weighted by Crippen LogP contribution is 2.34. The number of benzene rings is 4. The molecule has 6 rings (SSSR count). The largest absolute Gasteiger partial charge is 0.416 e. The molecule has 1 aliphatic heterocycles. The molecule has 1 aromatic heterocycles. The molecule has 1 fully saturated rings. The minimum absolute atomic E-state index is 0.477. The Bertz CT molecular complexity index is 3560.